The van der Waals surface area contributed by atoms with Crippen LogP contribution in [0, 0.1) is 35.3 Å². The van der Waals surface area contributed by atoms with Crippen LogP contribution in [0.1, 0.15) is 68.4 Å². The van der Waals surface area contributed by atoms with E-state index >= 15 is 0 Å². The fraction of sp³-hybridized carbons (Fsp3) is 0.680. The van der Waals surface area contributed by atoms with E-state index in [1.165, 1.54) is 0 Å². The fourth-order valence-electron chi connectivity index (χ4n) is 5.85. The van der Waals surface area contributed by atoms with Crippen LogP contribution in [-0.4, -0.2) is 19.5 Å². The van der Waals surface area contributed by atoms with E-state index in [2.05, 4.69) is 6.58 Å². The first-order chi connectivity index (χ1) is 15.3. The van der Waals surface area contributed by atoms with Gasteiger partial charge in [0.15, 0.2) is 6.29 Å². The Bertz CT molecular complexity index is 765. The maximum atomic E-state index is 14.1. The van der Waals surface area contributed by atoms with E-state index < -0.39 is 22.6 Å². The van der Waals surface area contributed by atoms with Gasteiger partial charge in [-0.15, -0.1) is 6.58 Å². The zero-order valence-electron chi connectivity index (χ0n) is 18.2. The second-order valence-electron chi connectivity index (χ2n) is 9.67. The SMILES string of the molecule is C=CC1COC(C2CCC(C3CCC(c4cc(F)c(C(F)(F)Cl)c(F)c4)CC3)CC2)OC1. The summed E-state index contributed by atoms with van der Waals surface area (Å²) in [5.74, 6) is -0.570. The molecule has 0 radical (unpaired) electrons. The minimum Gasteiger partial charge on any atom is -0.352 e. The first-order valence-electron chi connectivity index (χ1n) is 11.7. The molecule has 0 amide bonds. The smallest absolute Gasteiger partial charge is 0.352 e. The Morgan fingerprint density at radius 1 is 0.844 bits per heavy atom. The highest BCUT2D eigenvalue weighted by Gasteiger charge is 2.38. The van der Waals surface area contributed by atoms with Gasteiger partial charge in [-0.25, -0.2) is 8.78 Å². The van der Waals surface area contributed by atoms with Crippen molar-refractivity contribution in [2.75, 3.05) is 13.2 Å². The van der Waals surface area contributed by atoms with Gasteiger partial charge in [0.05, 0.1) is 13.2 Å². The highest BCUT2D eigenvalue weighted by Crippen LogP contribution is 2.46. The lowest BCUT2D eigenvalue weighted by atomic mass is 9.68. The van der Waals surface area contributed by atoms with Crippen LogP contribution in [0.4, 0.5) is 17.6 Å². The lowest BCUT2D eigenvalue weighted by Crippen LogP contribution is -2.38. The van der Waals surface area contributed by atoms with Crippen LogP contribution in [0.5, 0.6) is 0 Å². The van der Waals surface area contributed by atoms with Crippen molar-refractivity contribution in [1.82, 2.24) is 0 Å². The second-order valence-corrected chi connectivity index (χ2v) is 10.1. The summed E-state index contributed by atoms with van der Waals surface area (Å²) in [6, 6.07) is 2.07. The van der Waals surface area contributed by atoms with Gasteiger partial charge >= 0.3 is 5.38 Å². The first-order valence-corrected chi connectivity index (χ1v) is 12.1. The molecule has 0 atom stereocenters. The van der Waals surface area contributed by atoms with Crippen molar-refractivity contribution in [3.05, 3.63) is 47.5 Å². The van der Waals surface area contributed by atoms with Crippen LogP contribution >= 0.6 is 11.6 Å². The molecule has 0 spiro atoms. The van der Waals surface area contributed by atoms with Crippen molar-refractivity contribution >= 4 is 11.6 Å². The number of hydrogen-bond donors (Lipinski definition) is 0. The fourth-order valence-corrected chi connectivity index (χ4v) is 6.03. The topological polar surface area (TPSA) is 18.5 Å². The van der Waals surface area contributed by atoms with Crippen LogP contribution in [-0.2, 0) is 14.9 Å². The standard InChI is InChI=1S/C25H31ClF4O2/c1-2-15-13-31-24(32-14-15)19-9-7-17(8-10-19)16-3-5-18(6-4-16)20-11-21(27)23(22(28)12-20)25(26,29)30/h2,11-12,15-19,24H,1,3-10,13-14H2. The zero-order valence-corrected chi connectivity index (χ0v) is 18.9. The molecular weight excluding hydrogens is 444 g/mol. The second kappa shape index (κ2) is 10.0. The van der Waals surface area contributed by atoms with Crippen molar-refractivity contribution in [2.45, 2.75) is 69.0 Å². The molecule has 0 N–H and O–H groups in total. The summed E-state index contributed by atoms with van der Waals surface area (Å²) in [4.78, 5) is 0. The van der Waals surface area contributed by atoms with E-state index in [1.54, 1.807) is 0 Å². The number of alkyl halides is 3. The average molecular weight is 475 g/mol. The molecule has 2 nitrogen and oxygen atoms in total. The summed E-state index contributed by atoms with van der Waals surface area (Å²) in [7, 11) is 0. The normalized spacial score (nSPS) is 34.3. The lowest BCUT2D eigenvalue weighted by molar-refractivity contribution is -0.223. The number of hydrogen-bond acceptors (Lipinski definition) is 2. The Balaban J connectivity index is 1.27. The first kappa shape index (κ1) is 24.0. The highest BCUT2D eigenvalue weighted by molar-refractivity contribution is 6.21. The molecule has 0 unspecified atom stereocenters. The van der Waals surface area contributed by atoms with E-state index in [4.69, 9.17) is 21.1 Å². The van der Waals surface area contributed by atoms with Crippen LogP contribution in [0.15, 0.2) is 24.8 Å². The van der Waals surface area contributed by atoms with Gasteiger partial charge in [0.1, 0.15) is 17.2 Å². The molecule has 3 aliphatic rings. The summed E-state index contributed by atoms with van der Waals surface area (Å²) in [5, 5.41) is -4.05. The maximum Gasteiger partial charge on any atom is 0.353 e. The van der Waals surface area contributed by atoms with Gasteiger partial charge in [-0.3, -0.25) is 0 Å². The Morgan fingerprint density at radius 2 is 1.31 bits per heavy atom. The van der Waals surface area contributed by atoms with E-state index in [1.807, 2.05) is 6.08 Å². The van der Waals surface area contributed by atoms with Crippen molar-refractivity contribution in [3.8, 4) is 0 Å². The number of benzene rings is 1. The molecular formula is C25H31ClF4O2. The third kappa shape index (κ3) is 5.34. The van der Waals surface area contributed by atoms with Gasteiger partial charge in [0.25, 0.3) is 0 Å². The summed E-state index contributed by atoms with van der Waals surface area (Å²) in [6.07, 6.45) is 9.90. The molecule has 4 rings (SSSR count). The van der Waals surface area contributed by atoms with Crippen molar-refractivity contribution < 1.29 is 27.0 Å². The van der Waals surface area contributed by atoms with Gasteiger partial charge in [-0.2, -0.15) is 8.78 Å². The van der Waals surface area contributed by atoms with Gasteiger partial charge in [0, 0.05) is 11.8 Å². The number of halogens is 5. The third-order valence-electron chi connectivity index (χ3n) is 7.74. The van der Waals surface area contributed by atoms with Gasteiger partial charge in [-0.1, -0.05) is 6.08 Å². The molecule has 0 aromatic heterocycles. The predicted octanol–water partition coefficient (Wildman–Crippen LogP) is 7.51. The highest BCUT2D eigenvalue weighted by atomic mass is 35.5. The average Bonchev–Trinajstić information content (AvgIpc) is 2.78. The zero-order chi connectivity index (χ0) is 22.9. The molecule has 178 valence electrons. The molecule has 3 fully saturated rings. The Labute approximate surface area is 192 Å². The summed E-state index contributed by atoms with van der Waals surface area (Å²) >= 11 is 4.85. The third-order valence-corrected chi connectivity index (χ3v) is 7.93. The minimum atomic E-state index is -4.05. The van der Waals surface area contributed by atoms with Crippen molar-refractivity contribution in [3.63, 3.8) is 0 Å². The molecule has 1 aliphatic heterocycles. The molecule has 1 heterocycles. The van der Waals surface area contributed by atoms with Crippen LogP contribution in [0.2, 0.25) is 0 Å². The Kier molecular flexibility index (Phi) is 7.53. The van der Waals surface area contributed by atoms with Crippen LogP contribution in [0.25, 0.3) is 0 Å². The summed E-state index contributed by atoms with van der Waals surface area (Å²) < 4.78 is 66.6. The van der Waals surface area contributed by atoms with E-state index in [0.29, 0.717) is 36.5 Å². The molecule has 2 saturated carbocycles. The molecule has 1 aromatic rings. The number of rotatable bonds is 5. The van der Waals surface area contributed by atoms with Gasteiger partial charge < -0.3 is 9.47 Å². The molecule has 7 heteroatoms. The molecule has 2 aliphatic carbocycles. The van der Waals surface area contributed by atoms with Crippen molar-refractivity contribution in [2.24, 2.45) is 23.7 Å². The van der Waals surface area contributed by atoms with E-state index in [9.17, 15) is 17.6 Å². The summed E-state index contributed by atoms with van der Waals surface area (Å²) in [6.45, 7) is 5.16. The van der Waals surface area contributed by atoms with E-state index in [-0.39, 0.29) is 18.1 Å². The van der Waals surface area contributed by atoms with Gasteiger partial charge in [-0.05, 0) is 98.4 Å². The van der Waals surface area contributed by atoms with Crippen LogP contribution < -0.4 is 0 Å². The van der Waals surface area contributed by atoms with E-state index in [0.717, 1.165) is 63.5 Å². The number of ether oxygens (including phenoxy) is 2. The minimum absolute atomic E-state index is 0.00793. The Hall–Kier alpha value is -1.11. The molecule has 32 heavy (non-hydrogen) atoms. The maximum absolute atomic E-state index is 14.1. The lowest BCUT2D eigenvalue weighted by Gasteiger charge is -2.41. The van der Waals surface area contributed by atoms with Crippen molar-refractivity contribution in [1.29, 1.82) is 0 Å². The molecule has 1 aromatic carbocycles. The molecule has 0 bridgehead atoms. The predicted molar refractivity (Wildman–Crippen MR) is 116 cm³/mol. The Morgan fingerprint density at radius 3 is 1.78 bits per heavy atom. The van der Waals surface area contributed by atoms with Gasteiger partial charge in [0.2, 0.25) is 0 Å². The molecule has 1 saturated heterocycles. The summed E-state index contributed by atoms with van der Waals surface area (Å²) in [5.41, 5.74) is -0.907. The quantitative estimate of drug-likeness (QED) is 0.250. The largest absolute Gasteiger partial charge is 0.353 e. The monoisotopic (exact) mass is 474 g/mol. The van der Waals surface area contributed by atoms with Crippen LogP contribution in [0.3, 0.4) is 0 Å².